The lowest BCUT2D eigenvalue weighted by Crippen LogP contribution is -2.44. The summed E-state index contributed by atoms with van der Waals surface area (Å²) in [6.45, 7) is 2.30. The summed E-state index contributed by atoms with van der Waals surface area (Å²) in [5.74, 6) is 1.15. The summed E-state index contributed by atoms with van der Waals surface area (Å²) in [4.78, 5) is 14.3. The molecule has 5 nitrogen and oxygen atoms in total. The third-order valence-electron chi connectivity index (χ3n) is 5.05. The Labute approximate surface area is 152 Å². The first kappa shape index (κ1) is 16.5. The van der Waals surface area contributed by atoms with Gasteiger partial charge in [0.25, 0.3) is 0 Å². The van der Waals surface area contributed by atoms with Gasteiger partial charge in [0.1, 0.15) is 10.0 Å². The highest BCUT2D eigenvalue weighted by Gasteiger charge is 2.30. The number of aromatic nitrogens is 2. The summed E-state index contributed by atoms with van der Waals surface area (Å²) in [6, 6.07) is 10.3. The highest BCUT2D eigenvalue weighted by atomic mass is 32.1. The first-order valence-electron chi connectivity index (χ1n) is 9.19. The van der Waals surface area contributed by atoms with E-state index in [1.54, 1.807) is 11.3 Å². The second-order valence-electron chi connectivity index (χ2n) is 6.98. The molecule has 0 bridgehead atoms. The summed E-state index contributed by atoms with van der Waals surface area (Å²) in [6.07, 6.45) is 5.40. The van der Waals surface area contributed by atoms with Crippen molar-refractivity contribution < 1.29 is 4.79 Å². The molecule has 1 aliphatic carbocycles. The molecule has 0 atom stereocenters. The van der Waals surface area contributed by atoms with Crippen LogP contribution in [-0.2, 0) is 6.42 Å². The molecule has 0 unspecified atom stereocenters. The van der Waals surface area contributed by atoms with Crippen LogP contribution in [0.4, 0.5) is 4.79 Å². The van der Waals surface area contributed by atoms with E-state index in [0.29, 0.717) is 18.4 Å². The number of carbonyl (C=O) groups excluding carboxylic acids is 1. The smallest absolute Gasteiger partial charge is 0.317 e. The van der Waals surface area contributed by atoms with E-state index in [9.17, 15) is 4.79 Å². The van der Waals surface area contributed by atoms with Gasteiger partial charge in [0, 0.05) is 31.5 Å². The zero-order valence-electron chi connectivity index (χ0n) is 14.4. The average Bonchev–Trinajstić information content (AvgIpc) is 3.40. The molecule has 1 saturated carbocycles. The topological polar surface area (TPSA) is 58.1 Å². The van der Waals surface area contributed by atoms with E-state index in [1.807, 2.05) is 23.1 Å². The summed E-state index contributed by atoms with van der Waals surface area (Å²) >= 11 is 1.79. The summed E-state index contributed by atoms with van der Waals surface area (Å²) in [7, 11) is 0. The molecule has 1 aromatic heterocycles. The molecule has 1 saturated heterocycles. The minimum absolute atomic E-state index is 0.0605. The van der Waals surface area contributed by atoms with Gasteiger partial charge in [0.15, 0.2) is 0 Å². The molecule has 1 N–H and O–H groups in total. The number of rotatable bonds is 5. The van der Waals surface area contributed by atoms with E-state index < -0.39 is 0 Å². The van der Waals surface area contributed by atoms with E-state index in [2.05, 4.69) is 27.6 Å². The van der Waals surface area contributed by atoms with Gasteiger partial charge in [-0.3, -0.25) is 0 Å². The number of amides is 2. The molecule has 2 fully saturated rings. The van der Waals surface area contributed by atoms with E-state index in [-0.39, 0.29) is 6.03 Å². The van der Waals surface area contributed by atoms with Crippen molar-refractivity contribution in [2.24, 2.45) is 0 Å². The second kappa shape index (κ2) is 7.52. The van der Waals surface area contributed by atoms with Gasteiger partial charge in [-0.05, 0) is 37.7 Å². The van der Waals surface area contributed by atoms with Crippen LogP contribution < -0.4 is 5.32 Å². The Morgan fingerprint density at radius 3 is 2.32 bits per heavy atom. The number of benzene rings is 1. The van der Waals surface area contributed by atoms with Crippen molar-refractivity contribution in [2.45, 2.75) is 43.9 Å². The van der Waals surface area contributed by atoms with Crippen molar-refractivity contribution >= 4 is 17.4 Å². The normalized spacial score (nSPS) is 18.3. The van der Waals surface area contributed by atoms with E-state index in [1.165, 1.54) is 28.4 Å². The van der Waals surface area contributed by atoms with Crippen molar-refractivity contribution in [2.75, 3.05) is 19.6 Å². The number of hydrogen-bond acceptors (Lipinski definition) is 4. The molecule has 2 amide bonds. The highest BCUT2D eigenvalue weighted by Crippen LogP contribution is 2.43. The lowest BCUT2D eigenvalue weighted by molar-refractivity contribution is 0.181. The van der Waals surface area contributed by atoms with Crippen LogP contribution in [0.3, 0.4) is 0 Å². The number of piperidine rings is 1. The summed E-state index contributed by atoms with van der Waals surface area (Å²) in [5, 5.41) is 14.2. The molecular formula is C19H24N4OS. The van der Waals surface area contributed by atoms with E-state index in [4.69, 9.17) is 0 Å². The maximum Gasteiger partial charge on any atom is 0.317 e. The molecule has 2 aliphatic rings. The van der Waals surface area contributed by atoms with Crippen molar-refractivity contribution in [3.05, 3.63) is 45.9 Å². The number of nitrogens with zero attached hydrogens (tertiary/aromatic N) is 3. The summed E-state index contributed by atoms with van der Waals surface area (Å²) < 4.78 is 0. The van der Waals surface area contributed by atoms with Crippen LogP contribution in [0.25, 0.3) is 0 Å². The Morgan fingerprint density at radius 2 is 1.68 bits per heavy atom. The lowest BCUT2D eigenvalue weighted by Gasteiger charge is -2.31. The molecule has 2 heterocycles. The Kier molecular flexibility index (Phi) is 4.97. The fourth-order valence-corrected chi connectivity index (χ4v) is 4.49. The van der Waals surface area contributed by atoms with Gasteiger partial charge in [-0.25, -0.2) is 4.79 Å². The minimum atomic E-state index is 0.0605. The Hall–Kier alpha value is -1.95. The predicted molar refractivity (Wildman–Crippen MR) is 99.0 cm³/mol. The monoisotopic (exact) mass is 356 g/mol. The van der Waals surface area contributed by atoms with Gasteiger partial charge in [-0.2, -0.15) is 0 Å². The predicted octanol–water partition coefficient (Wildman–Crippen LogP) is 3.55. The fourth-order valence-electron chi connectivity index (χ4n) is 3.31. The molecule has 1 aromatic carbocycles. The second-order valence-corrected chi connectivity index (χ2v) is 8.02. The van der Waals surface area contributed by atoms with Crippen LogP contribution in [0.15, 0.2) is 30.3 Å². The zero-order chi connectivity index (χ0) is 17.1. The van der Waals surface area contributed by atoms with E-state index in [0.717, 1.165) is 32.4 Å². The highest BCUT2D eigenvalue weighted by molar-refractivity contribution is 7.11. The zero-order valence-corrected chi connectivity index (χ0v) is 15.2. The summed E-state index contributed by atoms with van der Waals surface area (Å²) in [5.41, 5.74) is 1.25. The molecule has 25 heavy (non-hydrogen) atoms. The van der Waals surface area contributed by atoms with Gasteiger partial charge in [-0.15, -0.1) is 21.5 Å². The molecule has 132 valence electrons. The number of hydrogen-bond donors (Lipinski definition) is 1. The van der Waals surface area contributed by atoms with Crippen LogP contribution in [0, 0.1) is 0 Å². The Bertz CT molecular complexity index is 705. The molecule has 0 spiro atoms. The third kappa shape index (κ3) is 4.18. The largest absolute Gasteiger partial charge is 0.338 e. The van der Waals surface area contributed by atoms with Crippen molar-refractivity contribution in [1.29, 1.82) is 0 Å². The number of carbonyl (C=O) groups is 1. The maximum absolute atomic E-state index is 12.3. The Morgan fingerprint density at radius 1 is 1.04 bits per heavy atom. The first-order chi connectivity index (χ1) is 12.3. The molecule has 0 radical (unpaired) electrons. The SMILES string of the molecule is O=C(NCCc1ccccc1)N1CCC(c2nnc(C3CC3)s2)CC1. The molecule has 6 heteroatoms. The van der Waals surface area contributed by atoms with Gasteiger partial charge in [0.2, 0.25) is 0 Å². The molecule has 2 aromatic rings. The van der Waals surface area contributed by atoms with Gasteiger partial charge in [0.05, 0.1) is 0 Å². The van der Waals surface area contributed by atoms with Gasteiger partial charge < -0.3 is 10.2 Å². The van der Waals surface area contributed by atoms with Crippen molar-refractivity contribution in [1.82, 2.24) is 20.4 Å². The molecular weight excluding hydrogens is 332 g/mol. The third-order valence-corrected chi connectivity index (χ3v) is 6.30. The van der Waals surface area contributed by atoms with Crippen molar-refractivity contribution in [3.8, 4) is 0 Å². The molecule has 1 aliphatic heterocycles. The Balaban J connectivity index is 1.21. The quantitative estimate of drug-likeness (QED) is 0.891. The van der Waals surface area contributed by atoms with Crippen LogP contribution in [0.1, 0.15) is 53.1 Å². The number of likely N-dealkylation sites (tertiary alicyclic amines) is 1. The fraction of sp³-hybridized carbons (Fsp3) is 0.526. The van der Waals surface area contributed by atoms with Crippen LogP contribution in [-0.4, -0.2) is 40.8 Å². The number of urea groups is 1. The maximum atomic E-state index is 12.3. The van der Waals surface area contributed by atoms with Gasteiger partial charge in [-0.1, -0.05) is 30.3 Å². The van der Waals surface area contributed by atoms with Crippen molar-refractivity contribution in [3.63, 3.8) is 0 Å². The lowest BCUT2D eigenvalue weighted by atomic mass is 9.98. The number of nitrogens with one attached hydrogen (secondary N) is 1. The van der Waals surface area contributed by atoms with E-state index >= 15 is 0 Å². The standard InChI is InChI=1S/C19H24N4OS/c24-19(20-11-8-14-4-2-1-3-5-14)23-12-9-16(10-13-23)18-22-21-17(25-18)15-6-7-15/h1-5,15-16H,6-13H2,(H,20,24). The van der Waals surface area contributed by atoms with Gasteiger partial charge >= 0.3 is 6.03 Å². The molecule has 4 rings (SSSR count). The van der Waals surface area contributed by atoms with Crippen LogP contribution in [0.2, 0.25) is 0 Å². The average molecular weight is 356 g/mol. The minimum Gasteiger partial charge on any atom is -0.338 e. The van der Waals surface area contributed by atoms with Crippen LogP contribution >= 0.6 is 11.3 Å². The first-order valence-corrected chi connectivity index (χ1v) is 10.0. The van der Waals surface area contributed by atoms with Crippen LogP contribution in [0.5, 0.6) is 0 Å².